The maximum Gasteiger partial charge on any atom is 0.236 e. The van der Waals surface area contributed by atoms with Crippen molar-refractivity contribution in [1.82, 2.24) is 15.2 Å². The fraction of sp³-hybridized carbons (Fsp3) is 0.533. The molecule has 1 saturated heterocycles. The second-order valence-corrected chi connectivity index (χ2v) is 6.19. The van der Waals surface area contributed by atoms with Crippen LogP contribution in [-0.4, -0.2) is 35.6 Å². The van der Waals surface area contributed by atoms with Gasteiger partial charge in [-0.05, 0) is 37.4 Å². The van der Waals surface area contributed by atoms with Gasteiger partial charge in [0, 0.05) is 19.1 Å². The van der Waals surface area contributed by atoms with Crippen LogP contribution in [0.25, 0.3) is 10.8 Å². The van der Waals surface area contributed by atoms with E-state index in [1.54, 1.807) is 17.6 Å². The van der Waals surface area contributed by atoms with Crippen LogP contribution in [0.5, 0.6) is 0 Å². The van der Waals surface area contributed by atoms with Gasteiger partial charge in [-0.15, -0.1) is 11.3 Å². The second-order valence-electron chi connectivity index (χ2n) is 5.24. The van der Waals surface area contributed by atoms with Crippen LogP contribution in [0.3, 0.4) is 0 Å². The lowest BCUT2D eigenvalue weighted by atomic mass is 10.2. The molecule has 20 heavy (non-hydrogen) atoms. The SMILES string of the molecule is CCN(Cc1coc(-c2cccs2)n1)CC1CCCN1. The average Bonchev–Trinajstić information content (AvgIpc) is 3.20. The third-order valence-electron chi connectivity index (χ3n) is 3.76. The smallest absolute Gasteiger partial charge is 0.236 e. The molecule has 3 rings (SSSR count). The first-order chi connectivity index (χ1) is 9.85. The molecule has 2 aromatic rings. The molecule has 1 fully saturated rings. The number of hydrogen-bond acceptors (Lipinski definition) is 5. The van der Waals surface area contributed by atoms with E-state index >= 15 is 0 Å². The van der Waals surface area contributed by atoms with Crippen molar-refractivity contribution in [2.75, 3.05) is 19.6 Å². The van der Waals surface area contributed by atoms with Crippen molar-refractivity contribution in [3.63, 3.8) is 0 Å². The molecule has 0 aromatic carbocycles. The van der Waals surface area contributed by atoms with Crippen LogP contribution in [0.4, 0.5) is 0 Å². The molecule has 3 heterocycles. The summed E-state index contributed by atoms with van der Waals surface area (Å²) < 4.78 is 5.58. The zero-order valence-corrected chi connectivity index (χ0v) is 12.7. The summed E-state index contributed by atoms with van der Waals surface area (Å²) in [4.78, 5) is 8.12. The lowest BCUT2D eigenvalue weighted by Crippen LogP contribution is -2.37. The number of nitrogens with one attached hydrogen (secondary N) is 1. The monoisotopic (exact) mass is 291 g/mol. The van der Waals surface area contributed by atoms with Crippen molar-refractivity contribution in [3.8, 4) is 10.8 Å². The summed E-state index contributed by atoms with van der Waals surface area (Å²) in [5.74, 6) is 0.741. The molecule has 2 aromatic heterocycles. The zero-order chi connectivity index (χ0) is 13.8. The van der Waals surface area contributed by atoms with Crippen molar-refractivity contribution in [2.45, 2.75) is 32.4 Å². The molecule has 0 bridgehead atoms. The van der Waals surface area contributed by atoms with Gasteiger partial charge >= 0.3 is 0 Å². The number of rotatable bonds is 6. The molecule has 1 unspecified atom stereocenters. The molecule has 1 aliphatic rings. The van der Waals surface area contributed by atoms with Gasteiger partial charge in [-0.3, -0.25) is 4.90 Å². The summed E-state index contributed by atoms with van der Waals surface area (Å²) in [6.45, 7) is 6.37. The fourth-order valence-corrected chi connectivity index (χ4v) is 3.31. The Bertz CT molecular complexity index is 517. The van der Waals surface area contributed by atoms with Gasteiger partial charge < -0.3 is 9.73 Å². The molecule has 1 atom stereocenters. The molecule has 5 heteroatoms. The summed E-state index contributed by atoms with van der Waals surface area (Å²) in [7, 11) is 0. The molecule has 0 spiro atoms. The van der Waals surface area contributed by atoms with E-state index in [1.165, 1.54) is 12.8 Å². The molecule has 0 saturated carbocycles. The Morgan fingerprint density at radius 2 is 2.50 bits per heavy atom. The molecule has 1 aliphatic heterocycles. The van der Waals surface area contributed by atoms with E-state index in [2.05, 4.69) is 22.1 Å². The molecule has 1 N–H and O–H groups in total. The van der Waals surface area contributed by atoms with Gasteiger partial charge in [0.15, 0.2) is 0 Å². The Kier molecular flexibility index (Phi) is 4.50. The maximum absolute atomic E-state index is 5.58. The van der Waals surface area contributed by atoms with E-state index in [-0.39, 0.29) is 0 Å². The molecular formula is C15H21N3OS. The first-order valence-corrected chi connectivity index (χ1v) is 8.17. The van der Waals surface area contributed by atoms with Crippen LogP contribution in [0.15, 0.2) is 28.2 Å². The predicted molar refractivity (Wildman–Crippen MR) is 81.8 cm³/mol. The van der Waals surface area contributed by atoms with Crippen molar-refractivity contribution >= 4 is 11.3 Å². The summed E-state index contributed by atoms with van der Waals surface area (Å²) in [5, 5.41) is 5.60. The summed E-state index contributed by atoms with van der Waals surface area (Å²) in [5.41, 5.74) is 1.02. The van der Waals surface area contributed by atoms with Gasteiger partial charge in [-0.1, -0.05) is 13.0 Å². The van der Waals surface area contributed by atoms with Crippen LogP contribution in [0.1, 0.15) is 25.5 Å². The van der Waals surface area contributed by atoms with E-state index in [1.807, 2.05) is 17.5 Å². The Hall–Kier alpha value is -1.17. The largest absolute Gasteiger partial charge is 0.444 e. The lowest BCUT2D eigenvalue weighted by molar-refractivity contribution is 0.250. The quantitative estimate of drug-likeness (QED) is 0.888. The summed E-state index contributed by atoms with van der Waals surface area (Å²) >= 11 is 1.66. The van der Waals surface area contributed by atoms with Crippen LogP contribution in [0.2, 0.25) is 0 Å². The predicted octanol–water partition coefficient (Wildman–Crippen LogP) is 2.98. The van der Waals surface area contributed by atoms with Crippen molar-refractivity contribution < 1.29 is 4.42 Å². The third-order valence-corrected chi connectivity index (χ3v) is 4.62. The minimum Gasteiger partial charge on any atom is -0.444 e. The van der Waals surface area contributed by atoms with Crippen molar-refractivity contribution in [2.24, 2.45) is 0 Å². The third kappa shape index (κ3) is 3.29. The number of oxazole rings is 1. The number of likely N-dealkylation sites (N-methyl/N-ethyl adjacent to an activating group) is 1. The highest BCUT2D eigenvalue weighted by Gasteiger charge is 2.18. The Morgan fingerprint density at radius 3 is 3.20 bits per heavy atom. The molecule has 0 amide bonds. The lowest BCUT2D eigenvalue weighted by Gasteiger charge is -2.23. The molecule has 108 valence electrons. The van der Waals surface area contributed by atoms with Crippen LogP contribution in [-0.2, 0) is 6.54 Å². The van der Waals surface area contributed by atoms with Crippen LogP contribution < -0.4 is 5.32 Å². The van der Waals surface area contributed by atoms with E-state index in [9.17, 15) is 0 Å². The number of hydrogen-bond donors (Lipinski definition) is 1. The highest BCUT2D eigenvalue weighted by atomic mass is 32.1. The fourth-order valence-electron chi connectivity index (χ4n) is 2.65. The average molecular weight is 291 g/mol. The highest BCUT2D eigenvalue weighted by Crippen LogP contribution is 2.24. The first kappa shape index (κ1) is 13.8. The van der Waals surface area contributed by atoms with Gasteiger partial charge in [0.05, 0.1) is 10.6 Å². The number of nitrogens with zero attached hydrogens (tertiary/aromatic N) is 2. The van der Waals surface area contributed by atoms with Gasteiger partial charge in [0.25, 0.3) is 0 Å². The van der Waals surface area contributed by atoms with Gasteiger partial charge in [-0.25, -0.2) is 4.98 Å². The zero-order valence-electron chi connectivity index (χ0n) is 11.8. The van der Waals surface area contributed by atoms with Gasteiger partial charge in [0.1, 0.15) is 6.26 Å². The molecule has 4 nitrogen and oxygen atoms in total. The number of aromatic nitrogens is 1. The van der Waals surface area contributed by atoms with E-state index in [0.717, 1.165) is 42.6 Å². The normalized spacial score (nSPS) is 19.0. The van der Waals surface area contributed by atoms with Gasteiger partial charge in [-0.2, -0.15) is 0 Å². The van der Waals surface area contributed by atoms with E-state index < -0.39 is 0 Å². The Morgan fingerprint density at radius 1 is 1.55 bits per heavy atom. The first-order valence-electron chi connectivity index (χ1n) is 7.29. The molecule has 0 radical (unpaired) electrons. The summed E-state index contributed by atoms with van der Waals surface area (Å²) in [6, 6.07) is 4.70. The summed E-state index contributed by atoms with van der Waals surface area (Å²) in [6.07, 6.45) is 4.38. The van der Waals surface area contributed by atoms with Crippen LogP contribution >= 0.6 is 11.3 Å². The van der Waals surface area contributed by atoms with Crippen molar-refractivity contribution in [1.29, 1.82) is 0 Å². The topological polar surface area (TPSA) is 41.3 Å². The minimum atomic E-state index is 0.638. The highest BCUT2D eigenvalue weighted by molar-refractivity contribution is 7.13. The maximum atomic E-state index is 5.58. The van der Waals surface area contributed by atoms with E-state index in [0.29, 0.717) is 6.04 Å². The Balaban J connectivity index is 1.60. The van der Waals surface area contributed by atoms with Crippen molar-refractivity contribution in [3.05, 3.63) is 29.5 Å². The van der Waals surface area contributed by atoms with Crippen LogP contribution in [0, 0.1) is 0 Å². The standard InChI is InChI=1S/C15H21N3OS/c1-2-18(9-12-5-3-7-16-12)10-13-11-19-15(17-13)14-6-4-8-20-14/h4,6,8,11-12,16H,2-3,5,7,9-10H2,1H3. The van der Waals surface area contributed by atoms with E-state index in [4.69, 9.17) is 4.42 Å². The Labute approximate surface area is 123 Å². The second kappa shape index (κ2) is 6.52. The minimum absolute atomic E-state index is 0.638. The molecule has 0 aliphatic carbocycles. The van der Waals surface area contributed by atoms with Gasteiger partial charge in [0.2, 0.25) is 5.89 Å². The molecular weight excluding hydrogens is 270 g/mol. The number of thiophene rings is 1.